The molecule has 0 atom stereocenters. The molecule has 0 saturated carbocycles. The highest BCUT2D eigenvalue weighted by molar-refractivity contribution is 8.01. The second kappa shape index (κ2) is 6.20. The molecule has 4 rings (SSSR count). The fourth-order valence-corrected chi connectivity index (χ4v) is 5.73. The molecule has 0 unspecified atom stereocenters. The van der Waals surface area contributed by atoms with E-state index in [-0.39, 0.29) is 0 Å². The second-order valence-corrected chi connectivity index (χ2v) is 10.5. The maximum Gasteiger partial charge on any atom is 0.198 e. The Labute approximate surface area is 156 Å². The van der Waals surface area contributed by atoms with Crippen LogP contribution in [0.1, 0.15) is 0 Å². The normalized spacial score (nSPS) is 12.1. The second-order valence-electron chi connectivity index (χ2n) is 5.33. The highest BCUT2D eigenvalue weighted by atomic mass is 32.2. The molecule has 0 fully saturated rings. The van der Waals surface area contributed by atoms with Crippen LogP contribution in [0.2, 0.25) is 0 Å². The molecule has 0 aliphatic carbocycles. The predicted molar refractivity (Wildman–Crippen MR) is 101 cm³/mol. The zero-order chi connectivity index (χ0) is 17.6. The van der Waals surface area contributed by atoms with Crippen LogP contribution >= 0.6 is 34.4 Å². The van der Waals surface area contributed by atoms with Gasteiger partial charge in [-0.05, 0) is 41.4 Å². The Balaban J connectivity index is 1.67. The molecule has 0 aliphatic rings. The first-order valence-corrected chi connectivity index (χ1v) is 11.5. The molecule has 0 saturated heterocycles. The maximum atomic E-state index is 11.7. The van der Waals surface area contributed by atoms with E-state index >= 15 is 0 Å². The van der Waals surface area contributed by atoms with Crippen LogP contribution in [0.4, 0.5) is 0 Å². The zero-order valence-electron chi connectivity index (χ0n) is 13.2. The van der Waals surface area contributed by atoms with Gasteiger partial charge in [-0.25, -0.2) is 13.4 Å². The van der Waals surface area contributed by atoms with E-state index in [0.717, 1.165) is 30.4 Å². The van der Waals surface area contributed by atoms with E-state index in [9.17, 15) is 8.42 Å². The van der Waals surface area contributed by atoms with Gasteiger partial charge in [0.25, 0.3) is 0 Å². The molecule has 3 heterocycles. The first-order valence-electron chi connectivity index (χ1n) is 7.13. The third-order valence-corrected chi connectivity index (χ3v) is 7.62. The number of fused-ring (bicyclic) bond motifs is 1. The van der Waals surface area contributed by atoms with Crippen molar-refractivity contribution in [3.63, 3.8) is 0 Å². The lowest BCUT2D eigenvalue weighted by molar-refractivity contribution is 0.602. The van der Waals surface area contributed by atoms with Gasteiger partial charge in [-0.1, -0.05) is 6.07 Å². The molecule has 1 aromatic carbocycles. The Morgan fingerprint density at radius 3 is 2.76 bits per heavy atom. The minimum absolute atomic E-state index is 0.304. The van der Waals surface area contributed by atoms with E-state index in [4.69, 9.17) is 0 Å². The molecular weight excluding hydrogens is 396 g/mol. The van der Waals surface area contributed by atoms with Gasteiger partial charge in [-0.2, -0.15) is 0 Å². The van der Waals surface area contributed by atoms with Crippen LogP contribution in [0.25, 0.3) is 20.9 Å². The fourth-order valence-electron chi connectivity index (χ4n) is 2.26. The van der Waals surface area contributed by atoms with Gasteiger partial charge in [-0.15, -0.1) is 32.9 Å². The summed E-state index contributed by atoms with van der Waals surface area (Å²) in [5.41, 5.74) is 0.778. The Morgan fingerprint density at radius 2 is 2.04 bits per heavy atom. The smallest absolute Gasteiger partial charge is 0.198 e. The molecule has 0 radical (unpaired) electrons. The third kappa shape index (κ3) is 3.22. The molecule has 128 valence electrons. The lowest BCUT2D eigenvalue weighted by Gasteiger charge is -1.99. The lowest BCUT2D eigenvalue weighted by atomic mass is 10.3. The minimum atomic E-state index is -3.23. The van der Waals surface area contributed by atoms with Gasteiger partial charge in [0.1, 0.15) is 0 Å². The van der Waals surface area contributed by atoms with Crippen molar-refractivity contribution < 1.29 is 8.42 Å². The van der Waals surface area contributed by atoms with Gasteiger partial charge in [0.05, 0.1) is 20.0 Å². The molecule has 6 nitrogen and oxygen atoms in total. The van der Waals surface area contributed by atoms with Crippen LogP contribution in [0, 0.1) is 0 Å². The van der Waals surface area contributed by atoms with Gasteiger partial charge in [0, 0.05) is 13.3 Å². The van der Waals surface area contributed by atoms with E-state index in [2.05, 4.69) is 15.2 Å². The van der Waals surface area contributed by atoms with Gasteiger partial charge < -0.3 is 4.57 Å². The van der Waals surface area contributed by atoms with Crippen molar-refractivity contribution in [3.8, 4) is 10.7 Å². The Morgan fingerprint density at radius 1 is 1.20 bits per heavy atom. The maximum absolute atomic E-state index is 11.7. The summed E-state index contributed by atoms with van der Waals surface area (Å²) in [6.45, 7) is 0. The largest absolute Gasteiger partial charge is 0.304 e. The van der Waals surface area contributed by atoms with Gasteiger partial charge in [0.15, 0.2) is 25.2 Å². The van der Waals surface area contributed by atoms with E-state index in [1.54, 1.807) is 29.5 Å². The van der Waals surface area contributed by atoms with E-state index in [0.29, 0.717) is 4.90 Å². The summed E-state index contributed by atoms with van der Waals surface area (Å²) in [5.74, 6) is 0.818. The minimum Gasteiger partial charge on any atom is -0.304 e. The first-order chi connectivity index (χ1) is 11.9. The molecule has 3 aromatic heterocycles. The average Bonchev–Trinajstić information content (AvgIpc) is 3.26. The first kappa shape index (κ1) is 16.7. The summed E-state index contributed by atoms with van der Waals surface area (Å²) in [6, 6.07) is 8.98. The van der Waals surface area contributed by atoms with E-state index < -0.39 is 9.84 Å². The van der Waals surface area contributed by atoms with Crippen molar-refractivity contribution in [3.05, 3.63) is 35.7 Å². The van der Waals surface area contributed by atoms with E-state index in [1.807, 2.05) is 29.1 Å². The van der Waals surface area contributed by atoms with Gasteiger partial charge in [-0.3, -0.25) is 0 Å². The standard InChI is InChI=1S/C15H12N4O2S4/c1-19-13(11-4-3-7-22-11)17-18-14(19)24-15-16-10-6-5-9(25(2,20)21)8-12(10)23-15/h3-8H,1-2H3. The zero-order valence-corrected chi connectivity index (χ0v) is 16.5. The Bertz CT molecular complexity index is 1160. The van der Waals surface area contributed by atoms with Crippen molar-refractivity contribution in [1.29, 1.82) is 0 Å². The number of hydrogen-bond donors (Lipinski definition) is 0. The molecule has 0 bridgehead atoms. The van der Waals surface area contributed by atoms with Crippen molar-refractivity contribution in [2.24, 2.45) is 7.05 Å². The summed E-state index contributed by atoms with van der Waals surface area (Å²) >= 11 is 4.49. The Kier molecular flexibility index (Phi) is 4.14. The van der Waals surface area contributed by atoms with Crippen LogP contribution in [-0.2, 0) is 16.9 Å². The summed E-state index contributed by atoms with van der Waals surface area (Å²) in [7, 11) is -1.30. The van der Waals surface area contributed by atoms with Crippen molar-refractivity contribution >= 4 is 54.5 Å². The summed E-state index contributed by atoms with van der Waals surface area (Å²) in [6.07, 6.45) is 1.20. The summed E-state index contributed by atoms with van der Waals surface area (Å²) in [4.78, 5) is 5.92. The van der Waals surface area contributed by atoms with Crippen LogP contribution in [-0.4, -0.2) is 34.4 Å². The quantitative estimate of drug-likeness (QED) is 0.512. The highest BCUT2D eigenvalue weighted by Crippen LogP contribution is 2.35. The summed E-state index contributed by atoms with van der Waals surface area (Å²) < 4.78 is 27.0. The molecular formula is C15H12N4O2S4. The van der Waals surface area contributed by atoms with Crippen LogP contribution in [0.3, 0.4) is 0 Å². The van der Waals surface area contributed by atoms with Crippen LogP contribution in [0.5, 0.6) is 0 Å². The average molecular weight is 409 g/mol. The SMILES string of the molecule is Cn1c(Sc2nc3ccc(S(C)(=O)=O)cc3s2)nnc1-c1cccs1. The number of nitrogens with zero attached hydrogens (tertiary/aromatic N) is 4. The molecule has 0 aliphatic heterocycles. The van der Waals surface area contributed by atoms with Gasteiger partial charge in [0.2, 0.25) is 0 Å². The van der Waals surface area contributed by atoms with E-state index in [1.165, 1.54) is 29.4 Å². The topological polar surface area (TPSA) is 77.7 Å². The lowest BCUT2D eigenvalue weighted by Crippen LogP contribution is -1.95. The monoisotopic (exact) mass is 408 g/mol. The molecule has 0 amide bonds. The number of thiazole rings is 1. The van der Waals surface area contributed by atoms with Crippen molar-refractivity contribution in [2.75, 3.05) is 6.26 Å². The number of rotatable bonds is 4. The molecule has 0 spiro atoms. The van der Waals surface area contributed by atoms with Crippen LogP contribution < -0.4 is 0 Å². The van der Waals surface area contributed by atoms with Crippen molar-refractivity contribution in [1.82, 2.24) is 19.7 Å². The Hall–Kier alpha value is -1.75. The molecule has 10 heteroatoms. The number of sulfone groups is 1. The predicted octanol–water partition coefficient (Wildman–Crippen LogP) is 3.71. The fraction of sp³-hybridized carbons (Fsp3) is 0.133. The number of benzene rings is 1. The van der Waals surface area contributed by atoms with Crippen LogP contribution in [0.15, 0.2) is 50.1 Å². The number of thiophene rings is 1. The van der Waals surface area contributed by atoms with Gasteiger partial charge >= 0.3 is 0 Å². The highest BCUT2D eigenvalue weighted by Gasteiger charge is 2.16. The molecule has 4 aromatic rings. The third-order valence-electron chi connectivity index (χ3n) is 3.52. The molecule has 0 N–H and O–H groups in total. The number of hydrogen-bond acceptors (Lipinski definition) is 8. The summed E-state index contributed by atoms with van der Waals surface area (Å²) in [5, 5.41) is 11.2. The molecule has 25 heavy (non-hydrogen) atoms. The number of aromatic nitrogens is 4. The van der Waals surface area contributed by atoms with Crippen molar-refractivity contribution in [2.45, 2.75) is 14.4 Å².